The molecule has 0 aliphatic carbocycles. The number of hydrogen-bond acceptors (Lipinski definition) is 5. The maximum absolute atomic E-state index is 12.1. The number of benzene rings is 1. The van der Waals surface area contributed by atoms with E-state index in [9.17, 15) is 13.2 Å². The van der Waals surface area contributed by atoms with Crippen LogP contribution in [0.5, 0.6) is 5.75 Å². The predicted octanol–water partition coefficient (Wildman–Crippen LogP) is 6.12. The summed E-state index contributed by atoms with van der Waals surface area (Å²) in [6, 6.07) is 5.30. The lowest BCUT2D eigenvalue weighted by atomic mass is 9.42. The van der Waals surface area contributed by atoms with E-state index < -0.39 is 6.36 Å². The van der Waals surface area contributed by atoms with Gasteiger partial charge in [-0.05, 0) is 37.1 Å². The molecule has 1 fully saturated rings. The fourth-order valence-corrected chi connectivity index (χ4v) is 2.79. The van der Waals surface area contributed by atoms with E-state index in [2.05, 4.69) is 20.8 Å². The summed E-state index contributed by atoms with van der Waals surface area (Å²) in [6.07, 6.45) is -1.47. The number of nitrogens with zero attached hydrogens (tertiary/aromatic N) is 3. The lowest BCUT2D eigenvalue weighted by Crippen LogP contribution is -2.19. The van der Waals surface area contributed by atoms with E-state index in [1.807, 2.05) is 27.7 Å². The normalized spacial score (nSPS) is 14.1. The molecule has 1 aromatic heterocycles. The second kappa shape index (κ2) is 11.4. The highest BCUT2D eigenvalue weighted by molar-refractivity contribution is 6.67. The fraction of sp³-hybridized carbons (Fsp3) is 0.526. The number of ether oxygens (including phenoxy) is 1. The quantitative estimate of drug-likeness (QED) is 0.585. The molecule has 0 N–H and O–H groups in total. The third-order valence-corrected chi connectivity index (χ3v) is 4.05. The highest BCUT2D eigenvalue weighted by Gasteiger charge is 2.31. The van der Waals surface area contributed by atoms with Gasteiger partial charge in [0.2, 0.25) is 11.7 Å². The first-order valence-corrected chi connectivity index (χ1v) is 9.54. The molecule has 1 aliphatic rings. The summed E-state index contributed by atoms with van der Waals surface area (Å²) in [6.45, 7) is 8.09. The summed E-state index contributed by atoms with van der Waals surface area (Å²) in [4.78, 5) is 4.34. The summed E-state index contributed by atoms with van der Waals surface area (Å²) in [5.41, 5.74) is 0.547. The van der Waals surface area contributed by atoms with Crippen molar-refractivity contribution in [1.82, 2.24) is 10.1 Å². The molecule has 0 radical (unpaired) electrons. The Kier molecular flexibility index (Phi) is 9.56. The second-order valence-electron chi connectivity index (χ2n) is 5.71. The maximum atomic E-state index is 12.1. The van der Waals surface area contributed by atoms with Crippen LogP contribution in [0.15, 0.2) is 28.8 Å². The van der Waals surface area contributed by atoms with Crippen LogP contribution in [0.1, 0.15) is 52.3 Å². The summed E-state index contributed by atoms with van der Waals surface area (Å²) in [5.74, 6) is 2.93. The molecule has 0 bridgehead atoms. The van der Waals surface area contributed by atoms with Crippen LogP contribution in [0.2, 0.25) is 12.6 Å². The standard InChI is InChI=1S/C15H13BF3N3O2.2C2H6/c17-15(18,19)23-12-3-1-10(2-4-12)13-21-14(24-22-13)11-5-7-16(9-20)8-6-11;2*1-2/h1-4,11H,5-8H2;2*1-2H3. The molecule has 1 saturated heterocycles. The van der Waals surface area contributed by atoms with Gasteiger partial charge < -0.3 is 9.26 Å². The molecule has 152 valence electrons. The van der Waals surface area contributed by atoms with Crippen molar-refractivity contribution in [3.8, 4) is 23.1 Å². The van der Waals surface area contributed by atoms with Crippen LogP contribution in [0.4, 0.5) is 13.2 Å². The van der Waals surface area contributed by atoms with Crippen molar-refractivity contribution in [3.63, 3.8) is 0 Å². The first-order valence-electron chi connectivity index (χ1n) is 9.54. The topological polar surface area (TPSA) is 71.9 Å². The Morgan fingerprint density at radius 3 is 2.18 bits per heavy atom. The molecule has 0 atom stereocenters. The molecule has 9 heteroatoms. The van der Waals surface area contributed by atoms with Crippen LogP contribution < -0.4 is 4.74 Å². The molecular formula is C19H25BF3N3O2. The van der Waals surface area contributed by atoms with Crippen molar-refractivity contribution in [2.45, 2.75) is 65.5 Å². The molecule has 0 unspecified atom stereocenters. The van der Waals surface area contributed by atoms with E-state index in [4.69, 9.17) is 9.78 Å². The number of rotatable bonds is 3. The van der Waals surface area contributed by atoms with Crippen molar-refractivity contribution in [2.24, 2.45) is 0 Å². The third-order valence-electron chi connectivity index (χ3n) is 4.05. The Hall–Kier alpha value is -2.50. The number of alkyl halides is 3. The summed E-state index contributed by atoms with van der Waals surface area (Å²) in [7, 11) is 0. The lowest BCUT2D eigenvalue weighted by molar-refractivity contribution is -0.274. The Morgan fingerprint density at radius 1 is 1.11 bits per heavy atom. The van der Waals surface area contributed by atoms with E-state index in [-0.39, 0.29) is 18.4 Å². The van der Waals surface area contributed by atoms with E-state index in [0.29, 0.717) is 17.3 Å². The van der Waals surface area contributed by atoms with Gasteiger partial charge in [-0.2, -0.15) is 4.98 Å². The molecule has 5 nitrogen and oxygen atoms in total. The van der Waals surface area contributed by atoms with Gasteiger partial charge in [0.1, 0.15) is 5.75 Å². The molecule has 2 aromatic rings. The fourth-order valence-electron chi connectivity index (χ4n) is 2.79. The Labute approximate surface area is 164 Å². The third kappa shape index (κ3) is 6.91. The van der Waals surface area contributed by atoms with Crippen LogP contribution in [-0.4, -0.2) is 23.2 Å². The van der Waals surface area contributed by atoms with E-state index >= 15 is 0 Å². The average Bonchev–Trinajstić information content (AvgIpc) is 3.21. The van der Waals surface area contributed by atoms with Gasteiger partial charge in [0.25, 0.3) is 6.71 Å². The number of aromatic nitrogens is 2. The molecule has 28 heavy (non-hydrogen) atoms. The summed E-state index contributed by atoms with van der Waals surface area (Å²) in [5, 5.41) is 12.8. The smallest absolute Gasteiger partial charge is 0.406 e. The summed E-state index contributed by atoms with van der Waals surface area (Å²) >= 11 is 0. The van der Waals surface area contributed by atoms with Gasteiger partial charge in [-0.3, -0.25) is 0 Å². The van der Waals surface area contributed by atoms with Gasteiger partial charge in [0, 0.05) is 17.4 Å². The van der Waals surface area contributed by atoms with Crippen LogP contribution in [0.25, 0.3) is 11.4 Å². The Morgan fingerprint density at radius 2 is 1.68 bits per heavy atom. The zero-order chi connectivity index (χ0) is 21.2. The second-order valence-corrected chi connectivity index (χ2v) is 5.71. The average molecular weight is 395 g/mol. The molecule has 0 spiro atoms. The van der Waals surface area contributed by atoms with Gasteiger partial charge >= 0.3 is 6.36 Å². The van der Waals surface area contributed by atoms with Crippen molar-refractivity contribution in [1.29, 1.82) is 5.26 Å². The number of nitriles is 1. The molecule has 0 amide bonds. The molecular weight excluding hydrogens is 370 g/mol. The van der Waals surface area contributed by atoms with Crippen LogP contribution in [0, 0.1) is 11.2 Å². The minimum atomic E-state index is -4.72. The van der Waals surface area contributed by atoms with Crippen molar-refractivity contribution >= 4 is 6.71 Å². The van der Waals surface area contributed by atoms with Gasteiger partial charge in [-0.15, -0.1) is 13.2 Å². The van der Waals surface area contributed by atoms with E-state index in [0.717, 1.165) is 25.5 Å². The first kappa shape index (κ1) is 23.5. The van der Waals surface area contributed by atoms with E-state index in [1.54, 1.807) is 0 Å². The highest BCUT2D eigenvalue weighted by atomic mass is 19.4. The van der Waals surface area contributed by atoms with Gasteiger partial charge in [-0.1, -0.05) is 45.5 Å². The molecule has 3 rings (SSSR count). The molecule has 1 aromatic carbocycles. The zero-order valence-corrected chi connectivity index (χ0v) is 16.6. The zero-order valence-electron chi connectivity index (χ0n) is 16.6. The van der Waals surface area contributed by atoms with E-state index in [1.165, 1.54) is 24.3 Å². The predicted molar refractivity (Wildman–Crippen MR) is 102 cm³/mol. The van der Waals surface area contributed by atoms with Crippen molar-refractivity contribution in [3.05, 3.63) is 30.2 Å². The maximum Gasteiger partial charge on any atom is 0.573 e. The minimum Gasteiger partial charge on any atom is -0.406 e. The van der Waals surface area contributed by atoms with Gasteiger partial charge in [0.05, 0.1) is 0 Å². The Balaban J connectivity index is 0.000000921. The summed E-state index contributed by atoms with van der Waals surface area (Å²) < 4.78 is 45.5. The minimum absolute atomic E-state index is 0.0878. The molecule has 1 aliphatic heterocycles. The lowest BCUT2D eigenvalue weighted by Gasteiger charge is -2.19. The number of halogens is 3. The SMILES string of the molecule is CC.CC.N#CB1CCC(c2nc(-c3ccc(OC(F)(F)F)cc3)no2)CC1. The number of hydrogen-bond donors (Lipinski definition) is 0. The van der Waals surface area contributed by atoms with Crippen LogP contribution in [-0.2, 0) is 0 Å². The largest absolute Gasteiger partial charge is 0.573 e. The first-order chi connectivity index (χ1) is 13.4. The monoisotopic (exact) mass is 395 g/mol. The van der Waals surface area contributed by atoms with Gasteiger partial charge in [0.15, 0.2) is 0 Å². The molecule has 2 heterocycles. The Bertz CT molecular complexity index is 734. The van der Waals surface area contributed by atoms with Crippen LogP contribution in [0.3, 0.4) is 0 Å². The van der Waals surface area contributed by atoms with Crippen molar-refractivity contribution < 1.29 is 22.4 Å². The van der Waals surface area contributed by atoms with Gasteiger partial charge in [-0.25, -0.2) is 5.26 Å². The molecule has 0 saturated carbocycles. The van der Waals surface area contributed by atoms with Crippen molar-refractivity contribution in [2.75, 3.05) is 0 Å². The van der Waals surface area contributed by atoms with Crippen LogP contribution >= 0.6 is 0 Å². The highest BCUT2D eigenvalue weighted by Crippen LogP contribution is 2.33.